The normalized spacial score (nSPS) is 20.3. The third-order valence-corrected chi connectivity index (χ3v) is 5.54. The molecule has 1 amide bonds. The van der Waals surface area contributed by atoms with E-state index in [4.69, 9.17) is 5.11 Å². The molecule has 0 aromatic carbocycles. The van der Waals surface area contributed by atoms with Gasteiger partial charge in [-0.2, -0.15) is 5.10 Å². The van der Waals surface area contributed by atoms with Crippen LogP contribution in [-0.2, 0) is 6.54 Å². The monoisotopic (exact) mass is 369 g/mol. The lowest BCUT2D eigenvalue weighted by atomic mass is 9.95. The number of aliphatic hydroxyl groups is 1. The fourth-order valence-electron chi connectivity index (χ4n) is 4.05. The minimum atomic E-state index is 0.0949. The van der Waals surface area contributed by atoms with E-state index < -0.39 is 0 Å². The predicted octanol–water partition coefficient (Wildman–Crippen LogP) is 1.89. The Labute approximate surface area is 159 Å². The Morgan fingerprint density at radius 2 is 2.00 bits per heavy atom. The van der Waals surface area contributed by atoms with Crippen LogP contribution in [0.15, 0.2) is 30.6 Å². The molecular formula is C20H27N5O2. The van der Waals surface area contributed by atoms with Gasteiger partial charge < -0.3 is 14.9 Å². The van der Waals surface area contributed by atoms with Crippen LogP contribution in [0.1, 0.15) is 47.7 Å². The summed E-state index contributed by atoms with van der Waals surface area (Å²) < 4.78 is 1.80. The van der Waals surface area contributed by atoms with Crippen molar-refractivity contribution >= 4 is 11.7 Å². The first-order valence-electron chi connectivity index (χ1n) is 9.89. The lowest BCUT2D eigenvalue weighted by molar-refractivity contribution is 0.0792. The first-order valence-corrected chi connectivity index (χ1v) is 9.89. The van der Waals surface area contributed by atoms with Crippen LogP contribution in [0.3, 0.4) is 0 Å². The fourth-order valence-corrected chi connectivity index (χ4v) is 4.05. The maximum Gasteiger partial charge on any atom is 0.255 e. The summed E-state index contributed by atoms with van der Waals surface area (Å²) in [6.45, 7) is 4.20. The highest BCUT2D eigenvalue weighted by Gasteiger charge is 2.25. The summed E-state index contributed by atoms with van der Waals surface area (Å²) in [5.41, 5.74) is 1.76. The number of carbonyl (C=O) groups is 1. The summed E-state index contributed by atoms with van der Waals surface area (Å²) in [7, 11) is 0. The summed E-state index contributed by atoms with van der Waals surface area (Å²) >= 11 is 0. The van der Waals surface area contributed by atoms with E-state index in [1.807, 2.05) is 23.2 Å². The Bertz CT molecular complexity index is 767. The maximum absolute atomic E-state index is 12.5. The van der Waals surface area contributed by atoms with Gasteiger partial charge in [-0.1, -0.05) is 0 Å². The van der Waals surface area contributed by atoms with Crippen LogP contribution >= 0.6 is 0 Å². The summed E-state index contributed by atoms with van der Waals surface area (Å²) in [4.78, 5) is 21.2. The van der Waals surface area contributed by atoms with E-state index in [-0.39, 0.29) is 12.5 Å². The molecule has 4 heterocycles. The van der Waals surface area contributed by atoms with Crippen LogP contribution in [0, 0.1) is 0 Å². The lowest BCUT2D eigenvalue weighted by Crippen LogP contribution is -2.35. The number of rotatable bonds is 5. The van der Waals surface area contributed by atoms with Crippen molar-refractivity contribution in [2.45, 2.75) is 38.1 Å². The Balaban J connectivity index is 1.42. The zero-order valence-corrected chi connectivity index (χ0v) is 15.6. The van der Waals surface area contributed by atoms with Gasteiger partial charge in [0.15, 0.2) is 0 Å². The van der Waals surface area contributed by atoms with Crippen molar-refractivity contribution in [3.63, 3.8) is 0 Å². The van der Waals surface area contributed by atoms with Crippen LogP contribution in [0.2, 0.25) is 0 Å². The SMILES string of the molecule is O=C(c1ccc(N2CCCC(c3ccn(CCO)n3)C2)nc1)N1CCCC1. The summed E-state index contributed by atoms with van der Waals surface area (Å²) in [5.74, 6) is 1.39. The highest BCUT2D eigenvalue weighted by atomic mass is 16.3. The van der Waals surface area contributed by atoms with E-state index in [0.29, 0.717) is 18.0 Å². The molecular weight excluding hydrogens is 342 g/mol. The summed E-state index contributed by atoms with van der Waals surface area (Å²) in [6.07, 6.45) is 8.05. The van der Waals surface area contributed by atoms with Crippen molar-refractivity contribution in [3.05, 3.63) is 41.9 Å². The molecule has 4 rings (SSSR count). The Morgan fingerprint density at radius 1 is 1.15 bits per heavy atom. The van der Waals surface area contributed by atoms with Crippen LogP contribution in [0.4, 0.5) is 5.82 Å². The van der Waals surface area contributed by atoms with Crippen molar-refractivity contribution in [3.8, 4) is 0 Å². The summed E-state index contributed by atoms with van der Waals surface area (Å²) in [6, 6.07) is 5.92. The molecule has 1 atom stereocenters. The second-order valence-electron chi connectivity index (χ2n) is 7.42. The highest BCUT2D eigenvalue weighted by molar-refractivity contribution is 5.94. The van der Waals surface area contributed by atoms with Gasteiger partial charge in [0.05, 0.1) is 24.4 Å². The maximum atomic E-state index is 12.5. The Morgan fingerprint density at radius 3 is 2.74 bits per heavy atom. The van der Waals surface area contributed by atoms with Crippen LogP contribution in [-0.4, -0.2) is 63.5 Å². The van der Waals surface area contributed by atoms with Gasteiger partial charge in [-0.15, -0.1) is 0 Å². The fraction of sp³-hybridized carbons (Fsp3) is 0.550. The number of aromatic nitrogens is 3. The number of anilines is 1. The number of hydrogen-bond acceptors (Lipinski definition) is 5. The average Bonchev–Trinajstić information content (AvgIpc) is 3.40. The number of amides is 1. The molecule has 27 heavy (non-hydrogen) atoms. The van der Waals surface area contributed by atoms with E-state index >= 15 is 0 Å². The number of likely N-dealkylation sites (tertiary alicyclic amines) is 1. The third kappa shape index (κ3) is 3.98. The van der Waals surface area contributed by atoms with Gasteiger partial charge in [-0.25, -0.2) is 4.98 Å². The number of pyridine rings is 1. The van der Waals surface area contributed by atoms with Crippen molar-refractivity contribution < 1.29 is 9.90 Å². The van der Waals surface area contributed by atoms with Crippen molar-refractivity contribution in [2.75, 3.05) is 37.7 Å². The second kappa shape index (κ2) is 8.08. The molecule has 0 spiro atoms. The third-order valence-electron chi connectivity index (χ3n) is 5.54. The molecule has 7 nitrogen and oxygen atoms in total. The molecule has 0 aliphatic carbocycles. The number of nitrogens with zero attached hydrogens (tertiary/aromatic N) is 5. The van der Waals surface area contributed by atoms with Gasteiger partial charge in [0.25, 0.3) is 5.91 Å². The molecule has 0 bridgehead atoms. The van der Waals surface area contributed by atoms with Crippen molar-refractivity contribution in [1.82, 2.24) is 19.7 Å². The Kier molecular flexibility index (Phi) is 5.38. The molecule has 0 radical (unpaired) electrons. The number of aliphatic hydroxyl groups excluding tert-OH is 1. The molecule has 2 fully saturated rings. The largest absolute Gasteiger partial charge is 0.394 e. The number of piperidine rings is 1. The van der Waals surface area contributed by atoms with Crippen molar-refractivity contribution in [1.29, 1.82) is 0 Å². The molecule has 144 valence electrons. The second-order valence-corrected chi connectivity index (χ2v) is 7.42. The zero-order chi connectivity index (χ0) is 18.6. The van der Waals surface area contributed by atoms with Gasteiger partial charge in [0.1, 0.15) is 5.82 Å². The molecule has 2 aromatic rings. The van der Waals surface area contributed by atoms with Crippen LogP contribution < -0.4 is 4.90 Å². The molecule has 7 heteroatoms. The van der Waals surface area contributed by atoms with Gasteiger partial charge in [0, 0.05) is 44.5 Å². The van der Waals surface area contributed by atoms with E-state index in [1.165, 1.54) is 0 Å². The molecule has 1 N–H and O–H groups in total. The minimum absolute atomic E-state index is 0.0949. The first kappa shape index (κ1) is 18.0. The molecule has 2 aliphatic rings. The zero-order valence-electron chi connectivity index (χ0n) is 15.6. The number of hydrogen-bond donors (Lipinski definition) is 1. The van der Waals surface area contributed by atoms with Gasteiger partial charge in [-0.3, -0.25) is 9.48 Å². The topological polar surface area (TPSA) is 74.5 Å². The quantitative estimate of drug-likeness (QED) is 0.871. The smallest absolute Gasteiger partial charge is 0.255 e. The van der Waals surface area contributed by atoms with Gasteiger partial charge >= 0.3 is 0 Å². The first-order chi connectivity index (χ1) is 13.2. The predicted molar refractivity (Wildman–Crippen MR) is 103 cm³/mol. The summed E-state index contributed by atoms with van der Waals surface area (Å²) in [5, 5.41) is 13.6. The van der Waals surface area contributed by atoms with Gasteiger partial charge in [-0.05, 0) is 43.9 Å². The molecule has 2 aliphatic heterocycles. The Hall–Kier alpha value is -2.41. The van der Waals surface area contributed by atoms with Crippen LogP contribution in [0.25, 0.3) is 0 Å². The molecule has 2 saturated heterocycles. The average molecular weight is 369 g/mol. The minimum Gasteiger partial charge on any atom is -0.394 e. The molecule has 1 unspecified atom stereocenters. The highest BCUT2D eigenvalue weighted by Crippen LogP contribution is 2.28. The van der Waals surface area contributed by atoms with E-state index in [9.17, 15) is 4.79 Å². The molecule has 0 saturated carbocycles. The van der Waals surface area contributed by atoms with Crippen LogP contribution in [0.5, 0.6) is 0 Å². The lowest BCUT2D eigenvalue weighted by Gasteiger charge is -2.33. The van der Waals surface area contributed by atoms with E-state index in [1.54, 1.807) is 10.9 Å². The van der Waals surface area contributed by atoms with E-state index in [0.717, 1.165) is 63.4 Å². The molecule has 2 aromatic heterocycles. The van der Waals surface area contributed by atoms with Gasteiger partial charge in [0.2, 0.25) is 0 Å². The van der Waals surface area contributed by atoms with E-state index in [2.05, 4.69) is 21.0 Å². The van der Waals surface area contributed by atoms with Crippen molar-refractivity contribution in [2.24, 2.45) is 0 Å². The number of carbonyl (C=O) groups excluding carboxylic acids is 1. The standard InChI is InChI=1S/C20H27N5O2/c26-13-12-25-11-7-18(22-25)17-4-3-10-24(15-17)19-6-5-16(14-21-19)20(27)23-8-1-2-9-23/h5-7,11,14,17,26H,1-4,8-10,12-13,15H2.